The first-order chi connectivity index (χ1) is 24.7. The SMILES string of the molecule is C[C@@H]1CC[C@H]2C(CN3CCN(CCO[C@]4(C(F)(F)F)C[C@@H]5CCCC6CC[C@]7(C)OO[C@]65[C@@H](O7)O4)CC3)=C(C(F)(F)F)O[C@@H]3O[C@H]4CCC1[C@]32OO4. The Bertz CT molecular complexity index is 1410. The van der Waals surface area contributed by atoms with Crippen LogP contribution in [0.25, 0.3) is 0 Å². The van der Waals surface area contributed by atoms with E-state index in [0.717, 1.165) is 19.3 Å². The van der Waals surface area contributed by atoms with Gasteiger partial charge in [0.2, 0.25) is 17.8 Å². The molecule has 9 heterocycles. The second-order valence-electron chi connectivity index (χ2n) is 16.7. The maximum Gasteiger partial charge on any atom is 0.449 e. The summed E-state index contributed by atoms with van der Waals surface area (Å²) in [6.45, 7) is 5.39. The van der Waals surface area contributed by atoms with E-state index in [2.05, 4.69) is 6.92 Å². The fourth-order valence-corrected chi connectivity index (χ4v) is 11.1. The van der Waals surface area contributed by atoms with Crippen LogP contribution in [-0.4, -0.2) is 110 Å². The number of hydrogen-bond donors (Lipinski definition) is 0. The Morgan fingerprint density at radius 2 is 1.58 bits per heavy atom. The van der Waals surface area contributed by atoms with E-state index in [-0.39, 0.29) is 43.0 Å². The van der Waals surface area contributed by atoms with E-state index >= 15 is 0 Å². The monoisotopic (exact) mass is 754 g/mol. The normalized spacial score (nSPS) is 48.1. The van der Waals surface area contributed by atoms with Crippen LogP contribution in [0.5, 0.6) is 0 Å². The minimum Gasteiger partial charge on any atom is -0.456 e. The lowest BCUT2D eigenvalue weighted by Crippen LogP contribution is -2.72. The molecule has 11 rings (SSSR count). The summed E-state index contributed by atoms with van der Waals surface area (Å²) < 4.78 is 118. The summed E-state index contributed by atoms with van der Waals surface area (Å²) >= 11 is 0. The number of allylic oxidation sites excluding steroid dienone is 1. The average Bonchev–Trinajstić information content (AvgIpc) is 3.50. The van der Waals surface area contributed by atoms with Gasteiger partial charge in [0.25, 0.3) is 5.79 Å². The predicted molar refractivity (Wildman–Crippen MR) is 164 cm³/mol. The third-order valence-corrected chi connectivity index (χ3v) is 13.8. The van der Waals surface area contributed by atoms with Crippen LogP contribution in [0.3, 0.4) is 0 Å². The molecule has 11 aliphatic rings. The summed E-state index contributed by atoms with van der Waals surface area (Å²) in [4.78, 5) is 27.1. The molecule has 2 spiro atoms. The van der Waals surface area contributed by atoms with E-state index in [9.17, 15) is 26.3 Å². The zero-order valence-electron chi connectivity index (χ0n) is 29.5. The summed E-state index contributed by atoms with van der Waals surface area (Å²) in [5.41, 5.74) is -2.14. The van der Waals surface area contributed by atoms with Crippen molar-refractivity contribution in [2.45, 2.75) is 132 Å². The van der Waals surface area contributed by atoms with Crippen molar-refractivity contribution in [1.29, 1.82) is 0 Å². The maximum atomic E-state index is 14.9. The molecule has 0 aromatic heterocycles. The van der Waals surface area contributed by atoms with Crippen molar-refractivity contribution in [3.8, 4) is 0 Å². The summed E-state index contributed by atoms with van der Waals surface area (Å²) in [7, 11) is 0. The van der Waals surface area contributed by atoms with Crippen molar-refractivity contribution >= 4 is 0 Å². The van der Waals surface area contributed by atoms with Crippen molar-refractivity contribution in [3.63, 3.8) is 0 Å². The summed E-state index contributed by atoms with van der Waals surface area (Å²) in [5.74, 6) is -6.18. The molecule has 11 nitrogen and oxygen atoms in total. The molecule has 0 aromatic carbocycles. The van der Waals surface area contributed by atoms with Gasteiger partial charge in [-0.3, -0.25) is 9.80 Å². The second-order valence-corrected chi connectivity index (χ2v) is 16.7. The van der Waals surface area contributed by atoms with Gasteiger partial charge in [0.05, 0.1) is 6.61 Å². The lowest BCUT2D eigenvalue weighted by atomic mass is 9.59. The summed E-state index contributed by atoms with van der Waals surface area (Å²) in [5, 5.41) is 0. The zero-order valence-corrected chi connectivity index (χ0v) is 29.5. The Hall–Kier alpha value is -1.28. The molecule has 12 atom stereocenters. The van der Waals surface area contributed by atoms with Crippen LogP contribution < -0.4 is 0 Å². The van der Waals surface area contributed by atoms with Gasteiger partial charge in [-0.1, -0.05) is 13.3 Å². The van der Waals surface area contributed by atoms with E-state index < -0.39 is 78.0 Å². The topological polar surface area (TPSA) is 89.6 Å². The number of rotatable bonds is 6. The first-order valence-corrected chi connectivity index (χ1v) is 19.0. The Morgan fingerprint density at radius 3 is 2.35 bits per heavy atom. The lowest BCUT2D eigenvalue weighted by molar-refractivity contribution is -0.590. The van der Waals surface area contributed by atoms with Gasteiger partial charge in [0, 0.05) is 76.3 Å². The van der Waals surface area contributed by atoms with E-state index in [0.29, 0.717) is 64.7 Å². The molecule has 2 aliphatic carbocycles. The Kier molecular flexibility index (Phi) is 8.82. The first kappa shape index (κ1) is 36.4. The highest BCUT2D eigenvalue weighted by atomic mass is 19.4. The molecule has 294 valence electrons. The van der Waals surface area contributed by atoms with Gasteiger partial charge < -0.3 is 23.7 Å². The summed E-state index contributed by atoms with van der Waals surface area (Å²) in [6.07, 6.45) is -7.56. The molecule has 0 N–H and O–H groups in total. The Morgan fingerprint density at radius 1 is 0.808 bits per heavy atom. The highest BCUT2D eigenvalue weighted by Gasteiger charge is 2.74. The van der Waals surface area contributed by atoms with E-state index in [1.807, 2.05) is 9.80 Å². The largest absolute Gasteiger partial charge is 0.456 e. The molecule has 0 aromatic rings. The smallest absolute Gasteiger partial charge is 0.449 e. The van der Waals surface area contributed by atoms with Crippen molar-refractivity contribution in [1.82, 2.24) is 9.80 Å². The van der Waals surface area contributed by atoms with Crippen LogP contribution >= 0.6 is 0 Å². The molecule has 2 saturated carbocycles. The number of ether oxygens (including phenoxy) is 5. The number of hydrogen-bond acceptors (Lipinski definition) is 11. The molecular formula is C35H48F6N2O9. The van der Waals surface area contributed by atoms with Crippen LogP contribution in [-0.2, 0) is 43.2 Å². The Labute approximate surface area is 298 Å². The lowest BCUT2D eigenvalue weighted by Gasteiger charge is -2.59. The molecular weight excluding hydrogens is 706 g/mol. The molecule has 0 radical (unpaired) electrons. The molecule has 8 saturated heterocycles. The van der Waals surface area contributed by atoms with Gasteiger partial charge in [-0.15, -0.1) is 0 Å². The maximum absolute atomic E-state index is 14.9. The minimum absolute atomic E-state index is 0.0213. The van der Waals surface area contributed by atoms with Gasteiger partial charge in [-0.2, -0.15) is 26.3 Å². The van der Waals surface area contributed by atoms with E-state index in [1.165, 1.54) is 0 Å². The molecule has 2 unspecified atom stereocenters. The standard InChI is InChI=1S/C35H48F6N2O9/c1-20-6-7-25-23(27(34(36,37)38)46-28-33(25)24(20)8-9-26(45-28)49-51-33)19-43-14-12-42(13-15-43)16-17-44-31(35(39,40)41)18-22-5-3-4-21-10-11-30(2)47-29(48-31)32(21,22)52-50-30/h20-22,24-26,28-29H,3-19H2,1-2H3/t20-,21?,22+,24?,25+,26-,28+,29+,30+,31-,32-,33-/m1/s1. The zero-order chi connectivity index (χ0) is 36.3. The molecule has 0 amide bonds. The van der Waals surface area contributed by atoms with Crippen LogP contribution in [0.4, 0.5) is 26.3 Å². The van der Waals surface area contributed by atoms with E-state index in [4.69, 9.17) is 43.2 Å². The molecule has 10 fully saturated rings. The van der Waals surface area contributed by atoms with Crippen LogP contribution in [0.1, 0.15) is 78.1 Å². The van der Waals surface area contributed by atoms with Crippen molar-refractivity contribution in [2.24, 2.45) is 29.6 Å². The third-order valence-electron chi connectivity index (χ3n) is 13.8. The highest BCUT2D eigenvalue weighted by molar-refractivity contribution is 5.29. The quantitative estimate of drug-likeness (QED) is 0.239. The van der Waals surface area contributed by atoms with Crippen molar-refractivity contribution < 1.29 is 69.6 Å². The van der Waals surface area contributed by atoms with Gasteiger partial charge in [0.15, 0.2) is 23.8 Å². The molecule has 17 heteroatoms. The van der Waals surface area contributed by atoms with Crippen molar-refractivity contribution in [2.75, 3.05) is 45.9 Å². The number of nitrogens with zero attached hydrogens (tertiary/aromatic N) is 2. The fourth-order valence-electron chi connectivity index (χ4n) is 11.1. The fraction of sp³-hybridized carbons (Fsp3) is 0.943. The van der Waals surface area contributed by atoms with Gasteiger partial charge in [-0.05, 0) is 62.9 Å². The summed E-state index contributed by atoms with van der Waals surface area (Å²) in [6, 6.07) is 0. The predicted octanol–water partition coefficient (Wildman–Crippen LogP) is 5.94. The van der Waals surface area contributed by atoms with Crippen molar-refractivity contribution in [3.05, 3.63) is 11.3 Å². The average molecular weight is 755 g/mol. The van der Waals surface area contributed by atoms with E-state index in [1.54, 1.807) is 6.92 Å². The second kappa shape index (κ2) is 12.6. The van der Waals surface area contributed by atoms with Gasteiger partial charge in [0.1, 0.15) is 0 Å². The number of halogens is 6. The third kappa shape index (κ3) is 5.60. The van der Waals surface area contributed by atoms with Crippen LogP contribution in [0, 0.1) is 29.6 Å². The molecule has 4 bridgehead atoms. The number of fused-ring (bicyclic) bond motifs is 4. The van der Waals surface area contributed by atoms with Crippen LogP contribution in [0.15, 0.2) is 11.3 Å². The number of alkyl halides is 6. The van der Waals surface area contributed by atoms with Gasteiger partial charge >= 0.3 is 12.4 Å². The minimum atomic E-state index is -4.84. The number of piperazine rings is 1. The van der Waals surface area contributed by atoms with Crippen LogP contribution in [0.2, 0.25) is 0 Å². The molecule has 52 heavy (non-hydrogen) atoms. The van der Waals surface area contributed by atoms with Gasteiger partial charge in [-0.25, -0.2) is 19.6 Å². The highest BCUT2D eigenvalue weighted by Crippen LogP contribution is 2.62. The first-order valence-electron chi connectivity index (χ1n) is 19.0. The Balaban J connectivity index is 0.867. The molecule has 9 aliphatic heterocycles.